The number of nitrogens with one attached hydrogen (secondary N) is 1. The van der Waals surface area contributed by atoms with E-state index in [1.165, 1.54) is 7.11 Å². The Morgan fingerprint density at radius 1 is 1.57 bits per heavy atom. The Hall–Kier alpha value is -0.580. The normalized spacial score (nSPS) is 10.0. The van der Waals surface area contributed by atoms with Crippen molar-refractivity contribution >= 4 is 33.4 Å². The highest BCUT2D eigenvalue weighted by Gasteiger charge is 2.12. The molecule has 0 aliphatic rings. The maximum Gasteiger partial charge on any atom is 0.276 e. The first kappa shape index (κ1) is 11.5. The number of amides is 1. The molecule has 76 valence electrons. The Morgan fingerprint density at radius 2 is 2.21 bits per heavy atom. The SMILES string of the molecule is CONC(=O)c1cc(Br)cc(C)c1Cl. The molecule has 3 nitrogen and oxygen atoms in total. The predicted octanol–water partition coefficient (Wildman–Crippen LogP) is 2.70. The summed E-state index contributed by atoms with van der Waals surface area (Å²) < 4.78 is 0.806. The Kier molecular flexibility index (Phi) is 3.92. The molecule has 0 aliphatic carbocycles. The number of rotatable bonds is 2. The van der Waals surface area contributed by atoms with Crippen LogP contribution in [0, 0.1) is 6.92 Å². The van der Waals surface area contributed by atoms with Crippen LogP contribution in [0.25, 0.3) is 0 Å². The standard InChI is InChI=1S/C9H9BrClNO2/c1-5-3-6(10)4-7(8(5)11)9(13)12-14-2/h3-4H,1-2H3,(H,12,13). The minimum absolute atomic E-state index is 0.359. The zero-order valence-electron chi connectivity index (χ0n) is 7.73. The van der Waals surface area contributed by atoms with Gasteiger partial charge in [-0.1, -0.05) is 27.5 Å². The lowest BCUT2D eigenvalue weighted by Gasteiger charge is -2.07. The third-order valence-corrected chi connectivity index (χ3v) is 2.62. The van der Waals surface area contributed by atoms with Crippen LogP contribution in [0.2, 0.25) is 5.02 Å². The van der Waals surface area contributed by atoms with Crippen molar-refractivity contribution in [2.75, 3.05) is 7.11 Å². The molecular weight excluding hydrogens is 269 g/mol. The predicted molar refractivity (Wildman–Crippen MR) is 58.4 cm³/mol. The van der Waals surface area contributed by atoms with E-state index in [9.17, 15) is 4.79 Å². The molecular formula is C9H9BrClNO2. The molecule has 0 saturated carbocycles. The number of hydrogen-bond acceptors (Lipinski definition) is 2. The molecule has 0 fully saturated rings. The van der Waals surface area contributed by atoms with Crippen LogP contribution < -0.4 is 5.48 Å². The summed E-state index contributed by atoms with van der Waals surface area (Å²) in [5.74, 6) is -0.359. The molecule has 0 radical (unpaired) electrons. The highest BCUT2D eigenvalue weighted by molar-refractivity contribution is 9.10. The number of halogens is 2. The Bertz CT molecular complexity index is 368. The van der Waals surface area contributed by atoms with E-state index in [1.807, 2.05) is 13.0 Å². The Morgan fingerprint density at radius 3 is 2.79 bits per heavy atom. The van der Waals surface area contributed by atoms with E-state index in [4.69, 9.17) is 11.6 Å². The van der Waals surface area contributed by atoms with Gasteiger partial charge in [-0.2, -0.15) is 0 Å². The maximum atomic E-state index is 11.4. The van der Waals surface area contributed by atoms with E-state index in [0.717, 1.165) is 10.0 Å². The van der Waals surface area contributed by atoms with Crippen LogP contribution >= 0.6 is 27.5 Å². The minimum atomic E-state index is -0.359. The molecule has 1 rings (SSSR count). The molecule has 1 amide bonds. The molecule has 0 aromatic heterocycles. The average Bonchev–Trinajstić information content (AvgIpc) is 2.11. The fraction of sp³-hybridized carbons (Fsp3) is 0.222. The Labute approximate surface area is 95.5 Å². The Balaban J connectivity index is 3.13. The number of carbonyl (C=O) groups excluding carboxylic acids is 1. The van der Waals surface area contributed by atoms with Crippen LogP contribution in [0.1, 0.15) is 15.9 Å². The molecule has 0 heterocycles. The highest BCUT2D eigenvalue weighted by Crippen LogP contribution is 2.25. The van der Waals surface area contributed by atoms with E-state index in [0.29, 0.717) is 10.6 Å². The first-order valence-corrected chi connectivity index (χ1v) is 5.02. The number of hydroxylamine groups is 1. The molecule has 0 aliphatic heterocycles. The van der Waals surface area contributed by atoms with Crippen molar-refractivity contribution in [1.29, 1.82) is 0 Å². The van der Waals surface area contributed by atoms with Gasteiger partial charge in [-0.25, -0.2) is 5.48 Å². The van der Waals surface area contributed by atoms with E-state index >= 15 is 0 Å². The van der Waals surface area contributed by atoms with Crippen molar-refractivity contribution in [3.05, 3.63) is 32.8 Å². The van der Waals surface area contributed by atoms with Gasteiger partial charge in [0.15, 0.2) is 0 Å². The van der Waals surface area contributed by atoms with Crippen LogP contribution in [0.3, 0.4) is 0 Å². The van der Waals surface area contributed by atoms with E-state index in [1.54, 1.807) is 6.07 Å². The van der Waals surface area contributed by atoms with Crippen LogP contribution in [0.15, 0.2) is 16.6 Å². The van der Waals surface area contributed by atoms with Gasteiger partial charge in [-0.05, 0) is 24.6 Å². The van der Waals surface area contributed by atoms with Gasteiger partial charge in [0.05, 0.1) is 17.7 Å². The van der Waals surface area contributed by atoms with E-state index in [-0.39, 0.29) is 5.91 Å². The molecule has 0 saturated heterocycles. The molecule has 1 aromatic rings. The quantitative estimate of drug-likeness (QED) is 0.845. The van der Waals surface area contributed by atoms with Crippen LogP contribution in [0.4, 0.5) is 0 Å². The van der Waals surface area contributed by atoms with Gasteiger partial charge >= 0.3 is 0 Å². The van der Waals surface area contributed by atoms with Crippen LogP contribution in [-0.2, 0) is 4.84 Å². The summed E-state index contributed by atoms with van der Waals surface area (Å²) in [5.41, 5.74) is 3.44. The van der Waals surface area contributed by atoms with E-state index < -0.39 is 0 Å². The fourth-order valence-corrected chi connectivity index (χ4v) is 1.81. The van der Waals surface area contributed by atoms with Crippen molar-refractivity contribution in [2.45, 2.75) is 6.92 Å². The molecule has 0 spiro atoms. The number of aryl methyl sites for hydroxylation is 1. The molecule has 0 atom stereocenters. The van der Waals surface area contributed by atoms with Crippen molar-refractivity contribution in [2.24, 2.45) is 0 Å². The molecule has 0 bridgehead atoms. The van der Waals surface area contributed by atoms with Gasteiger partial charge in [-0.15, -0.1) is 0 Å². The monoisotopic (exact) mass is 277 g/mol. The number of benzene rings is 1. The summed E-state index contributed by atoms with van der Waals surface area (Å²) in [6, 6.07) is 3.48. The van der Waals surface area contributed by atoms with Gasteiger partial charge in [-0.3, -0.25) is 9.63 Å². The molecule has 1 N–H and O–H groups in total. The maximum absolute atomic E-state index is 11.4. The average molecular weight is 279 g/mol. The zero-order chi connectivity index (χ0) is 10.7. The number of hydrogen-bond donors (Lipinski definition) is 1. The lowest BCUT2D eigenvalue weighted by Crippen LogP contribution is -2.22. The van der Waals surface area contributed by atoms with Gasteiger partial charge in [0.25, 0.3) is 5.91 Å². The molecule has 14 heavy (non-hydrogen) atoms. The smallest absolute Gasteiger partial charge is 0.276 e. The van der Waals surface area contributed by atoms with Gasteiger partial charge in [0.2, 0.25) is 0 Å². The van der Waals surface area contributed by atoms with Gasteiger partial charge in [0.1, 0.15) is 0 Å². The lowest BCUT2D eigenvalue weighted by molar-refractivity contribution is 0.0537. The van der Waals surface area contributed by atoms with Crippen molar-refractivity contribution in [3.63, 3.8) is 0 Å². The largest absolute Gasteiger partial charge is 0.277 e. The molecule has 0 unspecified atom stereocenters. The summed E-state index contributed by atoms with van der Waals surface area (Å²) in [5, 5.41) is 0.433. The lowest BCUT2D eigenvalue weighted by atomic mass is 10.1. The van der Waals surface area contributed by atoms with Crippen LogP contribution in [0.5, 0.6) is 0 Å². The highest BCUT2D eigenvalue weighted by atomic mass is 79.9. The van der Waals surface area contributed by atoms with Gasteiger partial charge < -0.3 is 0 Å². The van der Waals surface area contributed by atoms with Crippen molar-refractivity contribution in [3.8, 4) is 0 Å². The summed E-state index contributed by atoms with van der Waals surface area (Å²) in [4.78, 5) is 15.9. The fourth-order valence-electron chi connectivity index (χ4n) is 1.04. The second kappa shape index (κ2) is 4.77. The number of carbonyl (C=O) groups is 1. The minimum Gasteiger partial charge on any atom is -0.277 e. The summed E-state index contributed by atoms with van der Waals surface area (Å²) >= 11 is 9.25. The summed E-state index contributed by atoms with van der Waals surface area (Å²) in [6.07, 6.45) is 0. The van der Waals surface area contributed by atoms with Crippen LogP contribution in [-0.4, -0.2) is 13.0 Å². The summed E-state index contributed by atoms with van der Waals surface area (Å²) in [7, 11) is 1.37. The first-order chi connectivity index (χ1) is 6.56. The second-order valence-electron chi connectivity index (χ2n) is 2.72. The molecule has 1 aromatic carbocycles. The first-order valence-electron chi connectivity index (χ1n) is 3.85. The van der Waals surface area contributed by atoms with Crippen molar-refractivity contribution < 1.29 is 9.63 Å². The second-order valence-corrected chi connectivity index (χ2v) is 4.01. The zero-order valence-corrected chi connectivity index (χ0v) is 10.1. The third kappa shape index (κ3) is 2.47. The van der Waals surface area contributed by atoms with Crippen molar-refractivity contribution in [1.82, 2.24) is 5.48 Å². The molecule has 5 heteroatoms. The summed E-state index contributed by atoms with van der Waals surface area (Å²) in [6.45, 7) is 1.83. The third-order valence-electron chi connectivity index (χ3n) is 1.66. The topological polar surface area (TPSA) is 38.3 Å². The van der Waals surface area contributed by atoms with Gasteiger partial charge in [0, 0.05) is 4.47 Å². The van der Waals surface area contributed by atoms with E-state index in [2.05, 4.69) is 26.2 Å².